The standard InChI is InChI=1S/C24H29N3O2S/c1-28-22-10-5-9-21(17-22)23-19-30-24(25-18-20-7-3-2-4-8-20)27(23)12-6-11-26-13-15-29-16-14-26/h2-5,7-10,17,19H,6,11-16,18H2,1H3. The normalized spacial score (nSPS) is 15.4. The van der Waals surface area contributed by atoms with Gasteiger partial charge in [0.05, 0.1) is 32.6 Å². The average Bonchev–Trinajstić information content (AvgIpc) is 3.22. The van der Waals surface area contributed by atoms with Gasteiger partial charge in [0.2, 0.25) is 0 Å². The van der Waals surface area contributed by atoms with Crippen LogP contribution >= 0.6 is 11.3 Å². The fourth-order valence-electron chi connectivity index (χ4n) is 3.70. The largest absolute Gasteiger partial charge is 0.497 e. The van der Waals surface area contributed by atoms with Crippen LogP contribution in [0.15, 0.2) is 65.0 Å². The van der Waals surface area contributed by atoms with Crippen LogP contribution < -0.4 is 9.54 Å². The molecule has 1 fully saturated rings. The van der Waals surface area contributed by atoms with E-state index in [4.69, 9.17) is 14.5 Å². The van der Waals surface area contributed by atoms with Crippen molar-refractivity contribution in [3.63, 3.8) is 0 Å². The number of nitrogens with zero attached hydrogens (tertiary/aromatic N) is 3. The average molecular weight is 424 g/mol. The van der Waals surface area contributed by atoms with E-state index < -0.39 is 0 Å². The molecule has 1 aliphatic rings. The molecular formula is C24H29N3O2S. The van der Waals surface area contributed by atoms with Crippen LogP contribution in [-0.2, 0) is 17.8 Å². The second-order valence-corrected chi connectivity index (χ2v) is 8.23. The summed E-state index contributed by atoms with van der Waals surface area (Å²) >= 11 is 1.71. The van der Waals surface area contributed by atoms with Crippen LogP contribution in [0.5, 0.6) is 5.75 Å². The second-order valence-electron chi connectivity index (χ2n) is 7.40. The number of morpholine rings is 1. The third-order valence-corrected chi connectivity index (χ3v) is 6.26. The lowest BCUT2D eigenvalue weighted by atomic mass is 10.1. The number of thiazole rings is 1. The number of hydrogen-bond acceptors (Lipinski definition) is 5. The molecule has 0 radical (unpaired) electrons. The Morgan fingerprint density at radius 1 is 1.03 bits per heavy atom. The number of benzene rings is 2. The van der Waals surface area contributed by atoms with Gasteiger partial charge < -0.3 is 14.0 Å². The molecule has 0 spiro atoms. The number of ether oxygens (including phenoxy) is 2. The monoisotopic (exact) mass is 423 g/mol. The van der Waals surface area contributed by atoms with Crippen LogP contribution in [0, 0.1) is 0 Å². The summed E-state index contributed by atoms with van der Waals surface area (Å²) in [5, 5.41) is 2.22. The third kappa shape index (κ3) is 5.39. The highest BCUT2D eigenvalue weighted by atomic mass is 32.1. The maximum Gasteiger partial charge on any atom is 0.185 e. The predicted octanol–water partition coefficient (Wildman–Crippen LogP) is 4.05. The van der Waals surface area contributed by atoms with E-state index in [1.807, 2.05) is 18.2 Å². The summed E-state index contributed by atoms with van der Waals surface area (Å²) in [6.07, 6.45) is 1.09. The van der Waals surface area contributed by atoms with Crippen LogP contribution in [0.4, 0.5) is 0 Å². The van der Waals surface area contributed by atoms with E-state index in [1.54, 1.807) is 18.4 Å². The molecule has 0 N–H and O–H groups in total. The summed E-state index contributed by atoms with van der Waals surface area (Å²) in [4.78, 5) is 8.50. The lowest BCUT2D eigenvalue weighted by Crippen LogP contribution is -2.37. The molecule has 6 heteroatoms. The van der Waals surface area contributed by atoms with E-state index in [0.717, 1.165) is 61.9 Å². The Bertz CT molecular complexity index is 991. The van der Waals surface area contributed by atoms with Crippen molar-refractivity contribution in [3.05, 3.63) is 70.3 Å². The van der Waals surface area contributed by atoms with Crippen molar-refractivity contribution in [1.82, 2.24) is 9.47 Å². The first-order valence-electron chi connectivity index (χ1n) is 10.5. The molecule has 0 unspecified atom stereocenters. The van der Waals surface area contributed by atoms with Crippen molar-refractivity contribution in [2.45, 2.75) is 19.5 Å². The highest BCUT2D eigenvalue weighted by Crippen LogP contribution is 2.24. The van der Waals surface area contributed by atoms with Gasteiger partial charge in [0.25, 0.3) is 0 Å². The molecule has 158 valence electrons. The van der Waals surface area contributed by atoms with Crippen LogP contribution in [0.2, 0.25) is 0 Å². The first-order valence-corrected chi connectivity index (χ1v) is 11.4. The first kappa shape index (κ1) is 20.8. The molecular weight excluding hydrogens is 394 g/mol. The highest BCUT2D eigenvalue weighted by Gasteiger charge is 2.12. The zero-order valence-electron chi connectivity index (χ0n) is 17.5. The molecule has 0 aliphatic carbocycles. The van der Waals surface area contributed by atoms with E-state index in [9.17, 15) is 0 Å². The SMILES string of the molecule is COc1cccc(-c2csc(=NCc3ccccc3)n2CCCN2CCOCC2)c1. The van der Waals surface area contributed by atoms with Crippen LogP contribution in [0.25, 0.3) is 11.3 Å². The van der Waals surface area contributed by atoms with Gasteiger partial charge >= 0.3 is 0 Å². The maximum atomic E-state index is 5.47. The molecule has 0 saturated carbocycles. The van der Waals surface area contributed by atoms with E-state index >= 15 is 0 Å². The summed E-state index contributed by atoms with van der Waals surface area (Å²) in [6, 6.07) is 18.7. The van der Waals surface area contributed by atoms with Gasteiger partial charge in [-0.05, 0) is 24.1 Å². The third-order valence-electron chi connectivity index (χ3n) is 5.36. The summed E-state index contributed by atoms with van der Waals surface area (Å²) in [5.74, 6) is 0.876. The van der Waals surface area contributed by atoms with Gasteiger partial charge in [0, 0.05) is 37.1 Å². The number of rotatable bonds is 8. The minimum Gasteiger partial charge on any atom is -0.497 e. The molecule has 0 amide bonds. The lowest BCUT2D eigenvalue weighted by Gasteiger charge is -2.26. The zero-order valence-corrected chi connectivity index (χ0v) is 18.3. The molecule has 30 heavy (non-hydrogen) atoms. The van der Waals surface area contributed by atoms with Gasteiger partial charge in [-0.3, -0.25) is 9.89 Å². The Kier molecular flexibility index (Phi) is 7.34. The molecule has 2 heterocycles. The number of methoxy groups -OCH3 is 1. The van der Waals surface area contributed by atoms with E-state index in [1.165, 1.54) is 11.3 Å². The van der Waals surface area contributed by atoms with Crippen LogP contribution in [0.3, 0.4) is 0 Å². The van der Waals surface area contributed by atoms with E-state index in [2.05, 4.69) is 51.2 Å². The van der Waals surface area contributed by atoms with Gasteiger partial charge in [0.15, 0.2) is 4.80 Å². The predicted molar refractivity (Wildman–Crippen MR) is 122 cm³/mol. The number of hydrogen-bond donors (Lipinski definition) is 0. The van der Waals surface area contributed by atoms with Gasteiger partial charge in [-0.25, -0.2) is 0 Å². The van der Waals surface area contributed by atoms with Gasteiger partial charge in [0.1, 0.15) is 5.75 Å². The minimum atomic E-state index is 0.697. The van der Waals surface area contributed by atoms with Crippen LogP contribution in [-0.4, -0.2) is 49.4 Å². The van der Waals surface area contributed by atoms with Crippen molar-refractivity contribution in [1.29, 1.82) is 0 Å². The molecule has 1 aromatic heterocycles. The molecule has 5 nitrogen and oxygen atoms in total. The Morgan fingerprint density at radius 2 is 1.87 bits per heavy atom. The molecule has 0 bridgehead atoms. The summed E-state index contributed by atoms with van der Waals surface area (Å²) in [5.41, 5.74) is 3.60. The quantitative estimate of drug-likeness (QED) is 0.549. The Labute approximate surface area is 182 Å². The highest BCUT2D eigenvalue weighted by molar-refractivity contribution is 7.07. The van der Waals surface area contributed by atoms with Crippen molar-refractivity contribution >= 4 is 11.3 Å². The first-order chi connectivity index (χ1) is 14.8. The van der Waals surface area contributed by atoms with Crippen LogP contribution in [0.1, 0.15) is 12.0 Å². The zero-order chi connectivity index (χ0) is 20.6. The fourth-order valence-corrected chi connectivity index (χ4v) is 4.64. The smallest absolute Gasteiger partial charge is 0.185 e. The van der Waals surface area contributed by atoms with Crippen molar-refractivity contribution in [2.24, 2.45) is 4.99 Å². The number of aromatic nitrogens is 1. The molecule has 1 aliphatic heterocycles. The summed E-state index contributed by atoms with van der Waals surface area (Å²) in [6.45, 7) is 6.48. The molecule has 2 aromatic carbocycles. The minimum absolute atomic E-state index is 0.697. The molecule has 1 saturated heterocycles. The maximum absolute atomic E-state index is 5.47. The summed E-state index contributed by atoms with van der Waals surface area (Å²) in [7, 11) is 1.71. The molecule has 3 aromatic rings. The van der Waals surface area contributed by atoms with E-state index in [0.29, 0.717) is 6.54 Å². The Morgan fingerprint density at radius 3 is 2.67 bits per heavy atom. The summed E-state index contributed by atoms with van der Waals surface area (Å²) < 4.78 is 13.3. The topological polar surface area (TPSA) is 39.0 Å². The van der Waals surface area contributed by atoms with Crippen molar-refractivity contribution < 1.29 is 9.47 Å². The van der Waals surface area contributed by atoms with Gasteiger partial charge in [-0.15, -0.1) is 11.3 Å². The van der Waals surface area contributed by atoms with Gasteiger partial charge in [-0.2, -0.15) is 0 Å². The van der Waals surface area contributed by atoms with Crippen molar-refractivity contribution in [2.75, 3.05) is 40.0 Å². The van der Waals surface area contributed by atoms with E-state index in [-0.39, 0.29) is 0 Å². The Balaban J connectivity index is 1.58. The second kappa shape index (κ2) is 10.6. The Hall–Kier alpha value is -2.41. The molecule has 4 rings (SSSR count). The molecule has 0 atom stereocenters. The lowest BCUT2D eigenvalue weighted by molar-refractivity contribution is 0.0369. The van der Waals surface area contributed by atoms with Gasteiger partial charge in [-0.1, -0.05) is 42.5 Å². The fraction of sp³-hybridized carbons (Fsp3) is 0.375. The van der Waals surface area contributed by atoms with Crippen molar-refractivity contribution in [3.8, 4) is 17.0 Å².